The molecule has 1 saturated heterocycles. The van der Waals surface area contributed by atoms with Gasteiger partial charge in [-0.2, -0.15) is 0 Å². The number of benzene rings is 1. The molecule has 108 valence electrons. The van der Waals surface area contributed by atoms with Gasteiger partial charge in [-0.15, -0.1) is 0 Å². The lowest BCUT2D eigenvalue weighted by atomic mass is 10.1. The SMILES string of the molecule is O=C(O)c1cc(N2CCCNCC2)c([N+](=O)[O-])cc1F. The summed E-state index contributed by atoms with van der Waals surface area (Å²) in [5, 5.41) is 23.1. The third-order valence-electron chi connectivity index (χ3n) is 3.17. The highest BCUT2D eigenvalue weighted by atomic mass is 19.1. The summed E-state index contributed by atoms with van der Waals surface area (Å²) >= 11 is 0. The van der Waals surface area contributed by atoms with Crippen LogP contribution in [0.2, 0.25) is 0 Å². The van der Waals surface area contributed by atoms with Crippen LogP contribution in [0.4, 0.5) is 15.8 Å². The monoisotopic (exact) mass is 283 g/mol. The summed E-state index contributed by atoms with van der Waals surface area (Å²) in [6.07, 6.45) is 0.775. The Morgan fingerprint density at radius 1 is 1.40 bits per heavy atom. The number of rotatable bonds is 3. The lowest BCUT2D eigenvalue weighted by Crippen LogP contribution is -2.28. The average molecular weight is 283 g/mol. The molecular weight excluding hydrogens is 269 g/mol. The lowest BCUT2D eigenvalue weighted by Gasteiger charge is -2.22. The number of nitrogens with zero attached hydrogens (tertiary/aromatic N) is 2. The van der Waals surface area contributed by atoms with Crippen molar-refractivity contribution in [3.8, 4) is 0 Å². The highest BCUT2D eigenvalue weighted by Crippen LogP contribution is 2.31. The fourth-order valence-corrected chi connectivity index (χ4v) is 2.20. The molecule has 1 aliphatic rings. The third-order valence-corrected chi connectivity index (χ3v) is 3.17. The molecule has 8 heteroatoms. The predicted octanol–water partition coefficient (Wildman–Crippen LogP) is 1.23. The van der Waals surface area contributed by atoms with E-state index >= 15 is 0 Å². The van der Waals surface area contributed by atoms with Crippen LogP contribution in [0.15, 0.2) is 12.1 Å². The number of hydrogen-bond donors (Lipinski definition) is 2. The van der Waals surface area contributed by atoms with Crippen LogP contribution in [0.5, 0.6) is 0 Å². The molecule has 0 aliphatic carbocycles. The Bertz CT molecular complexity index is 542. The van der Waals surface area contributed by atoms with Gasteiger partial charge in [-0.05, 0) is 19.0 Å². The number of carboxylic acids is 1. The topological polar surface area (TPSA) is 95.7 Å². The van der Waals surface area contributed by atoms with Crippen molar-refractivity contribution in [2.75, 3.05) is 31.1 Å². The van der Waals surface area contributed by atoms with Gasteiger partial charge in [-0.3, -0.25) is 10.1 Å². The van der Waals surface area contributed by atoms with Crippen LogP contribution >= 0.6 is 0 Å². The van der Waals surface area contributed by atoms with Crippen LogP contribution in [0, 0.1) is 15.9 Å². The van der Waals surface area contributed by atoms with Crippen molar-refractivity contribution in [3.05, 3.63) is 33.6 Å². The summed E-state index contributed by atoms with van der Waals surface area (Å²) in [5.41, 5.74) is -0.810. The minimum atomic E-state index is -1.44. The van der Waals surface area contributed by atoms with Crippen LogP contribution in [-0.2, 0) is 0 Å². The lowest BCUT2D eigenvalue weighted by molar-refractivity contribution is -0.384. The van der Waals surface area contributed by atoms with E-state index in [0.29, 0.717) is 25.7 Å². The molecule has 0 atom stereocenters. The first kappa shape index (κ1) is 14.2. The molecule has 1 aromatic rings. The Balaban J connectivity index is 2.49. The summed E-state index contributed by atoms with van der Waals surface area (Å²) in [5.74, 6) is -2.53. The number of nitrogens with one attached hydrogen (secondary N) is 1. The second kappa shape index (κ2) is 5.83. The van der Waals surface area contributed by atoms with E-state index in [0.717, 1.165) is 19.0 Å². The molecular formula is C12H14FN3O4. The molecule has 20 heavy (non-hydrogen) atoms. The fourth-order valence-electron chi connectivity index (χ4n) is 2.20. The normalized spacial score (nSPS) is 15.8. The first-order chi connectivity index (χ1) is 9.50. The van der Waals surface area contributed by atoms with Crippen molar-refractivity contribution in [2.24, 2.45) is 0 Å². The minimum Gasteiger partial charge on any atom is -0.478 e. The molecule has 1 heterocycles. The Hall–Kier alpha value is -2.22. The minimum absolute atomic E-state index is 0.150. The number of carboxylic acid groups (broad SMARTS) is 1. The number of carbonyl (C=O) groups is 1. The fraction of sp³-hybridized carbons (Fsp3) is 0.417. The zero-order valence-corrected chi connectivity index (χ0v) is 10.6. The zero-order chi connectivity index (χ0) is 14.7. The second-order valence-corrected chi connectivity index (χ2v) is 4.47. The number of hydrogen-bond acceptors (Lipinski definition) is 5. The van der Waals surface area contributed by atoms with Gasteiger partial charge in [0.1, 0.15) is 11.5 Å². The van der Waals surface area contributed by atoms with E-state index in [9.17, 15) is 19.3 Å². The van der Waals surface area contributed by atoms with E-state index in [1.54, 1.807) is 4.90 Å². The first-order valence-electron chi connectivity index (χ1n) is 6.17. The Kier molecular flexibility index (Phi) is 4.14. The van der Waals surface area contributed by atoms with Crippen LogP contribution in [0.25, 0.3) is 0 Å². The molecule has 1 aliphatic heterocycles. The van der Waals surface area contributed by atoms with Gasteiger partial charge >= 0.3 is 5.97 Å². The third kappa shape index (κ3) is 2.85. The molecule has 0 bridgehead atoms. The average Bonchev–Trinajstić information content (AvgIpc) is 2.66. The summed E-state index contributed by atoms with van der Waals surface area (Å²) < 4.78 is 13.6. The Morgan fingerprint density at radius 2 is 2.15 bits per heavy atom. The molecule has 0 spiro atoms. The number of nitro benzene ring substituents is 1. The largest absolute Gasteiger partial charge is 0.478 e. The van der Waals surface area contributed by atoms with E-state index in [-0.39, 0.29) is 5.69 Å². The summed E-state index contributed by atoms with van der Waals surface area (Å²) in [4.78, 5) is 23.0. The maximum absolute atomic E-state index is 13.6. The van der Waals surface area contributed by atoms with E-state index in [1.807, 2.05) is 0 Å². The molecule has 0 unspecified atom stereocenters. The van der Waals surface area contributed by atoms with Crippen molar-refractivity contribution in [1.82, 2.24) is 5.32 Å². The van der Waals surface area contributed by atoms with Gasteiger partial charge in [0.25, 0.3) is 5.69 Å². The quantitative estimate of drug-likeness (QED) is 0.640. The smallest absolute Gasteiger partial charge is 0.338 e. The van der Waals surface area contributed by atoms with Crippen LogP contribution in [0.1, 0.15) is 16.8 Å². The maximum atomic E-state index is 13.6. The van der Waals surface area contributed by atoms with Crippen molar-refractivity contribution >= 4 is 17.3 Å². The van der Waals surface area contributed by atoms with Gasteiger partial charge in [0.2, 0.25) is 0 Å². The predicted molar refractivity (Wildman–Crippen MR) is 69.7 cm³/mol. The number of nitro groups is 1. The molecule has 0 radical (unpaired) electrons. The van der Waals surface area contributed by atoms with Gasteiger partial charge < -0.3 is 15.3 Å². The van der Waals surface area contributed by atoms with Crippen molar-refractivity contribution in [2.45, 2.75) is 6.42 Å². The van der Waals surface area contributed by atoms with E-state index < -0.39 is 28.0 Å². The molecule has 7 nitrogen and oxygen atoms in total. The summed E-state index contributed by atoms with van der Waals surface area (Å²) in [6, 6.07) is 1.72. The van der Waals surface area contributed by atoms with Gasteiger partial charge in [0, 0.05) is 19.6 Å². The van der Waals surface area contributed by atoms with Crippen molar-refractivity contribution in [1.29, 1.82) is 0 Å². The zero-order valence-electron chi connectivity index (χ0n) is 10.6. The van der Waals surface area contributed by atoms with Gasteiger partial charge in [0.05, 0.1) is 16.6 Å². The number of anilines is 1. The van der Waals surface area contributed by atoms with Gasteiger partial charge in [0.15, 0.2) is 0 Å². The molecule has 0 saturated carbocycles. The number of aromatic carboxylic acids is 1. The maximum Gasteiger partial charge on any atom is 0.338 e. The first-order valence-corrected chi connectivity index (χ1v) is 6.17. The number of halogens is 1. The summed E-state index contributed by atoms with van der Waals surface area (Å²) in [6.45, 7) is 2.48. The second-order valence-electron chi connectivity index (χ2n) is 4.47. The molecule has 1 fully saturated rings. The van der Waals surface area contributed by atoms with Crippen molar-refractivity contribution in [3.63, 3.8) is 0 Å². The van der Waals surface area contributed by atoms with E-state index in [4.69, 9.17) is 5.11 Å². The van der Waals surface area contributed by atoms with Gasteiger partial charge in [-0.25, -0.2) is 9.18 Å². The summed E-state index contributed by atoms with van der Waals surface area (Å²) in [7, 11) is 0. The standard InChI is InChI=1S/C12H14FN3O4/c13-9-7-11(16(19)20)10(6-8(9)12(17)18)15-4-1-2-14-3-5-15/h6-7,14H,1-5H2,(H,17,18). The Labute approximate surface area is 114 Å². The molecule has 1 aromatic carbocycles. The molecule has 0 amide bonds. The molecule has 2 rings (SSSR count). The van der Waals surface area contributed by atoms with Crippen LogP contribution in [-0.4, -0.2) is 42.2 Å². The highest BCUT2D eigenvalue weighted by Gasteiger charge is 2.25. The van der Waals surface area contributed by atoms with Crippen LogP contribution < -0.4 is 10.2 Å². The van der Waals surface area contributed by atoms with E-state index in [1.165, 1.54) is 0 Å². The highest BCUT2D eigenvalue weighted by molar-refractivity contribution is 5.90. The van der Waals surface area contributed by atoms with E-state index in [2.05, 4.69) is 5.32 Å². The molecule has 2 N–H and O–H groups in total. The molecule has 0 aromatic heterocycles. The van der Waals surface area contributed by atoms with Crippen molar-refractivity contribution < 1.29 is 19.2 Å². The van der Waals surface area contributed by atoms with Crippen LogP contribution in [0.3, 0.4) is 0 Å². The van der Waals surface area contributed by atoms with Gasteiger partial charge in [-0.1, -0.05) is 0 Å². The Morgan fingerprint density at radius 3 is 2.80 bits per heavy atom.